The molecule has 3 N–H and O–H groups in total. The maximum Gasteiger partial charge on any atom is 0.323 e. The maximum atomic E-state index is 12.5. The summed E-state index contributed by atoms with van der Waals surface area (Å²) in [5, 5.41) is 10.7. The second kappa shape index (κ2) is 7.35. The molecule has 142 valence electrons. The van der Waals surface area contributed by atoms with E-state index in [9.17, 15) is 9.59 Å². The van der Waals surface area contributed by atoms with Crippen molar-refractivity contribution in [1.82, 2.24) is 20.2 Å². The van der Waals surface area contributed by atoms with Crippen LogP contribution in [0, 0.1) is 6.92 Å². The Kier molecular flexibility index (Phi) is 4.74. The number of hydrogen-bond acceptors (Lipinski definition) is 6. The van der Waals surface area contributed by atoms with E-state index in [1.807, 2.05) is 31.2 Å². The van der Waals surface area contributed by atoms with Crippen LogP contribution in [0.3, 0.4) is 0 Å². The van der Waals surface area contributed by atoms with Crippen LogP contribution in [0.15, 0.2) is 56.9 Å². The van der Waals surface area contributed by atoms with Crippen LogP contribution in [0.1, 0.15) is 12.5 Å². The molecule has 1 unspecified atom stereocenters. The minimum atomic E-state index is -0.452. The van der Waals surface area contributed by atoms with Crippen LogP contribution in [-0.4, -0.2) is 31.3 Å². The van der Waals surface area contributed by atoms with Crippen molar-refractivity contribution >= 4 is 34.4 Å². The second-order valence-corrected chi connectivity index (χ2v) is 7.62. The molecule has 0 fully saturated rings. The van der Waals surface area contributed by atoms with Gasteiger partial charge in [0.25, 0.3) is 5.22 Å². The fourth-order valence-electron chi connectivity index (χ4n) is 2.63. The number of imidazole rings is 1. The van der Waals surface area contributed by atoms with Gasteiger partial charge in [-0.2, -0.15) is 0 Å². The van der Waals surface area contributed by atoms with E-state index in [-0.39, 0.29) is 11.6 Å². The number of fused-ring (bicyclic) bond motifs is 1. The lowest BCUT2D eigenvalue weighted by Crippen LogP contribution is -2.22. The summed E-state index contributed by atoms with van der Waals surface area (Å²) in [5.41, 5.74) is 3.58. The molecule has 28 heavy (non-hydrogen) atoms. The number of rotatable bonds is 5. The largest absolute Gasteiger partial charge is 0.411 e. The lowest BCUT2D eigenvalue weighted by molar-refractivity contribution is -0.115. The van der Waals surface area contributed by atoms with Gasteiger partial charge < -0.3 is 19.7 Å². The summed E-state index contributed by atoms with van der Waals surface area (Å²) in [6.45, 7) is 3.76. The zero-order chi connectivity index (χ0) is 19.7. The van der Waals surface area contributed by atoms with Gasteiger partial charge >= 0.3 is 5.69 Å². The van der Waals surface area contributed by atoms with E-state index < -0.39 is 5.25 Å². The van der Waals surface area contributed by atoms with Crippen LogP contribution in [0.5, 0.6) is 0 Å². The van der Waals surface area contributed by atoms with Gasteiger partial charge in [0.2, 0.25) is 11.8 Å². The Morgan fingerprint density at radius 2 is 1.86 bits per heavy atom. The van der Waals surface area contributed by atoms with Crippen molar-refractivity contribution in [3.63, 3.8) is 0 Å². The minimum Gasteiger partial charge on any atom is -0.411 e. The van der Waals surface area contributed by atoms with Crippen LogP contribution in [0.2, 0.25) is 0 Å². The Morgan fingerprint density at radius 3 is 2.64 bits per heavy atom. The van der Waals surface area contributed by atoms with E-state index in [4.69, 9.17) is 4.42 Å². The molecule has 2 aromatic heterocycles. The predicted molar refractivity (Wildman–Crippen MR) is 107 cm³/mol. The first-order valence-corrected chi connectivity index (χ1v) is 9.46. The number of benzene rings is 2. The molecule has 0 spiro atoms. The molecule has 0 radical (unpaired) electrons. The summed E-state index contributed by atoms with van der Waals surface area (Å²) in [5.74, 6) is 0.203. The molecule has 4 aromatic rings. The van der Waals surface area contributed by atoms with E-state index in [1.54, 1.807) is 25.1 Å². The van der Waals surface area contributed by atoms with Gasteiger partial charge in [-0.3, -0.25) is 4.79 Å². The van der Waals surface area contributed by atoms with Crippen LogP contribution < -0.4 is 11.0 Å². The van der Waals surface area contributed by atoms with Crippen LogP contribution in [0.4, 0.5) is 5.69 Å². The third kappa shape index (κ3) is 3.84. The number of H-pyrrole nitrogens is 2. The molecule has 1 amide bonds. The van der Waals surface area contributed by atoms with Gasteiger partial charge in [0.05, 0.1) is 16.3 Å². The summed E-state index contributed by atoms with van der Waals surface area (Å²) >= 11 is 1.18. The number of carbonyl (C=O) groups is 1. The summed E-state index contributed by atoms with van der Waals surface area (Å²) < 4.78 is 5.66. The quantitative estimate of drug-likeness (QED) is 0.446. The molecule has 8 nitrogen and oxygen atoms in total. The first-order chi connectivity index (χ1) is 13.5. The van der Waals surface area contributed by atoms with Crippen molar-refractivity contribution in [3.05, 3.63) is 58.5 Å². The predicted octanol–water partition coefficient (Wildman–Crippen LogP) is 3.33. The third-order valence-corrected chi connectivity index (χ3v) is 5.07. The number of carbonyl (C=O) groups excluding carboxylic acids is 1. The molecule has 0 bridgehead atoms. The number of thioether (sulfide) groups is 1. The molecule has 2 heterocycles. The molecule has 9 heteroatoms. The molecule has 0 aliphatic carbocycles. The number of anilines is 1. The Balaban J connectivity index is 1.42. The zero-order valence-electron chi connectivity index (χ0n) is 15.1. The van der Waals surface area contributed by atoms with Crippen LogP contribution in [0.25, 0.3) is 22.5 Å². The third-order valence-electron chi connectivity index (χ3n) is 4.14. The Labute approximate surface area is 163 Å². The molecule has 4 rings (SSSR count). The standard InChI is InChI=1S/C19H17N5O3S/c1-10-3-5-12(6-4-10)17-23-24-19(27-17)28-11(2)16(25)20-13-7-8-14-15(9-13)22-18(26)21-14/h3-9,11H,1-2H3,(H,20,25)(H2,21,22,26). The number of aromatic amines is 2. The molecule has 1 atom stereocenters. The van der Waals surface area contributed by atoms with Gasteiger partial charge in [-0.05, 0) is 44.2 Å². The van der Waals surface area contributed by atoms with Gasteiger partial charge in [-0.15, -0.1) is 10.2 Å². The summed E-state index contributed by atoms with van der Waals surface area (Å²) in [4.78, 5) is 29.1. The van der Waals surface area contributed by atoms with E-state index in [0.717, 1.165) is 11.1 Å². The van der Waals surface area contributed by atoms with Gasteiger partial charge in [0.15, 0.2) is 0 Å². The highest BCUT2D eigenvalue weighted by molar-refractivity contribution is 8.00. The Hall–Kier alpha value is -3.33. The summed E-state index contributed by atoms with van der Waals surface area (Å²) in [6, 6.07) is 12.9. The Morgan fingerprint density at radius 1 is 1.11 bits per heavy atom. The van der Waals surface area contributed by atoms with Crippen molar-refractivity contribution in [3.8, 4) is 11.5 Å². The molecule has 2 aromatic carbocycles. The van der Waals surface area contributed by atoms with Gasteiger partial charge in [0.1, 0.15) is 0 Å². The number of hydrogen-bond donors (Lipinski definition) is 3. The lowest BCUT2D eigenvalue weighted by atomic mass is 10.1. The monoisotopic (exact) mass is 395 g/mol. The molecule has 0 saturated heterocycles. The van der Waals surface area contributed by atoms with E-state index in [1.165, 1.54) is 11.8 Å². The first kappa shape index (κ1) is 18.1. The van der Waals surface area contributed by atoms with E-state index >= 15 is 0 Å². The fraction of sp³-hybridized carbons (Fsp3) is 0.158. The smallest absolute Gasteiger partial charge is 0.323 e. The highest BCUT2D eigenvalue weighted by atomic mass is 32.2. The summed E-state index contributed by atoms with van der Waals surface area (Å²) in [7, 11) is 0. The number of nitrogens with zero attached hydrogens (tertiary/aromatic N) is 2. The van der Waals surface area contributed by atoms with Crippen molar-refractivity contribution in [2.45, 2.75) is 24.3 Å². The normalized spacial score (nSPS) is 12.2. The van der Waals surface area contributed by atoms with E-state index in [0.29, 0.717) is 27.8 Å². The lowest BCUT2D eigenvalue weighted by Gasteiger charge is -2.09. The molecule has 0 saturated carbocycles. The molecular formula is C19H17N5O3S. The first-order valence-electron chi connectivity index (χ1n) is 8.58. The second-order valence-electron chi connectivity index (χ2n) is 6.33. The SMILES string of the molecule is Cc1ccc(-c2nnc(SC(C)C(=O)Nc3ccc4[nH]c(=O)[nH]c4c3)o2)cc1. The van der Waals surface area contributed by atoms with Crippen LogP contribution >= 0.6 is 11.8 Å². The van der Waals surface area contributed by atoms with Crippen molar-refractivity contribution in [2.24, 2.45) is 0 Å². The summed E-state index contributed by atoms with van der Waals surface area (Å²) in [6.07, 6.45) is 0. The van der Waals surface area contributed by atoms with E-state index in [2.05, 4.69) is 25.5 Å². The molecule has 0 aliphatic heterocycles. The molecule has 0 aliphatic rings. The average Bonchev–Trinajstić information content (AvgIpc) is 3.27. The average molecular weight is 395 g/mol. The van der Waals surface area contributed by atoms with Gasteiger partial charge in [0, 0.05) is 11.3 Å². The zero-order valence-corrected chi connectivity index (χ0v) is 16.0. The van der Waals surface area contributed by atoms with Gasteiger partial charge in [-0.25, -0.2) is 4.79 Å². The highest BCUT2D eigenvalue weighted by Gasteiger charge is 2.19. The van der Waals surface area contributed by atoms with Crippen molar-refractivity contribution < 1.29 is 9.21 Å². The van der Waals surface area contributed by atoms with Gasteiger partial charge in [-0.1, -0.05) is 29.5 Å². The highest BCUT2D eigenvalue weighted by Crippen LogP contribution is 2.27. The van der Waals surface area contributed by atoms with Crippen molar-refractivity contribution in [2.75, 3.05) is 5.32 Å². The Bertz CT molecular complexity index is 1190. The number of aromatic nitrogens is 4. The maximum absolute atomic E-state index is 12.5. The number of aryl methyl sites for hydroxylation is 1. The number of nitrogens with one attached hydrogen (secondary N) is 3. The topological polar surface area (TPSA) is 117 Å². The minimum absolute atomic E-state index is 0.211. The molecular weight excluding hydrogens is 378 g/mol. The fourth-order valence-corrected chi connectivity index (χ4v) is 3.31. The van der Waals surface area contributed by atoms with Crippen molar-refractivity contribution in [1.29, 1.82) is 0 Å². The van der Waals surface area contributed by atoms with Crippen LogP contribution in [-0.2, 0) is 4.79 Å². The number of amides is 1.